The first-order chi connectivity index (χ1) is 14.3. The quantitative estimate of drug-likeness (QED) is 0.546. The highest BCUT2D eigenvalue weighted by Gasteiger charge is 2.31. The first kappa shape index (κ1) is 20.4. The molecule has 2 heterocycles. The third-order valence-corrected chi connectivity index (χ3v) is 5.68. The van der Waals surface area contributed by atoms with Crippen LogP contribution in [-0.2, 0) is 6.18 Å². The Labute approximate surface area is 173 Å². The molecule has 1 saturated heterocycles. The van der Waals surface area contributed by atoms with E-state index in [-0.39, 0.29) is 17.6 Å². The van der Waals surface area contributed by atoms with Crippen molar-refractivity contribution in [3.8, 4) is 5.19 Å². The maximum atomic E-state index is 13.3. The molecule has 0 aliphatic carbocycles. The Morgan fingerprint density at radius 1 is 1.17 bits per heavy atom. The number of thiazole rings is 1. The van der Waals surface area contributed by atoms with Gasteiger partial charge in [-0.15, -0.1) is 0 Å². The Morgan fingerprint density at radius 2 is 1.93 bits per heavy atom. The molecule has 30 heavy (non-hydrogen) atoms. The van der Waals surface area contributed by atoms with Gasteiger partial charge in [0.1, 0.15) is 11.9 Å². The molecule has 0 spiro atoms. The van der Waals surface area contributed by atoms with E-state index in [0.717, 1.165) is 12.1 Å². The highest BCUT2D eigenvalue weighted by atomic mass is 32.1. The van der Waals surface area contributed by atoms with E-state index in [1.807, 2.05) is 0 Å². The van der Waals surface area contributed by atoms with Crippen LogP contribution in [0.3, 0.4) is 0 Å². The molecule has 1 fully saturated rings. The Hall–Kier alpha value is -2.88. The number of fused-ring (bicyclic) bond motifs is 1. The topological polar surface area (TPSA) is 54.5 Å². The summed E-state index contributed by atoms with van der Waals surface area (Å²) in [4.78, 5) is 18.3. The Balaban J connectivity index is 1.32. The molecule has 158 valence electrons. The normalized spacial score (nSPS) is 15.4. The number of piperidine rings is 1. The van der Waals surface area contributed by atoms with Crippen molar-refractivity contribution in [2.75, 3.05) is 18.4 Å². The summed E-state index contributed by atoms with van der Waals surface area (Å²) in [7, 11) is 0. The lowest BCUT2D eigenvalue weighted by Crippen LogP contribution is -2.43. The summed E-state index contributed by atoms with van der Waals surface area (Å²) in [6.45, 7) is 0.796. The van der Waals surface area contributed by atoms with E-state index >= 15 is 0 Å². The van der Waals surface area contributed by atoms with Crippen LogP contribution in [-0.4, -0.2) is 35.1 Å². The number of carbonyl (C=O) groups excluding carboxylic acids is 1. The van der Waals surface area contributed by atoms with Crippen molar-refractivity contribution >= 4 is 33.3 Å². The van der Waals surface area contributed by atoms with Crippen LogP contribution < -0.4 is 10.1 Å². The summed E-state index contributed by atoms with van der Waals surface area (Å²) in [5.41, 5.74) is -0.0627. The van der Waals surface area contributed by atoms with Crippen LogP contribution in [0.5, 0.6) is 5.19 Å². The van der Waals surface area contributed by atoms with E-state index in [9.17, 15) is 22.4 Å². The van der Waals surface area contributed by atoms with E-state index in [0.29, 0.717) is 41.3 Å². The van der Waals surface area contributed by atoms with Crippen molar-refractivity contribution in [3.05, 3.63) is 53.8 Å². The first-order valence-corrected chi connectivity index (χ1v) is 10.1. The van der Waals surface area contributed by atoms with Gasteiger partial charge >= 0.3 is 12.2 Å². The van der Waals surface area contributed by atoms with Gasteiger partial charge in [-0.05, 0) is 36.4 Å². The molecule has 0 bridgehead atoms. The smallest absolute Gasteiger partial charge is 0.416 e. The second-order valence-electron chi connectivity index (χ2n) is 6.90. The predicted molar refractivity (Wildman–Crippen MR) is 105 cm³/mol. The molecule has 1 N–H and O–H groups in total. The molecule has 0 radical (unpaired) electrons. The van der Waals surface area contributed by atoms with Gasteiger partial charge < -0.3 is 15.0 Å². The summed E-state index contributed by atoms with van der Waals surface area (Å²) in [5.74, 6) is -0.335. The van der Waals surface area contributed by atoms with Gasteiger partial charge in [-0.3, -0.25) is 0 Å². The fourth-order valence-electron chi connectivity index (χ4n) is 3.22. The highest BCUT2D eigenvalue weighted by Crippen LogP contribution is 2.32. The number of nitrogens with zero attached hydrogens (tertiary/aromatic N) is 2. The molecule has 2 aromatic carbocycles. The molecule has 0 atom stereocenters. The molecular formula is C20H17F4N3O2S. The molecule has 4 rings (SSSR count). The fourth-order valence-corrected chi connectivity index (χ4v) is 4.13. The van der Waals surface area contributed by atoms with E-state index in [1.165, 1.54) is 40.5 Å². The van der Waals surface area contributed by atoms with Gasteiger partial charge in [0.25, 0.3) is 5.19 Å². The van der Waals surface area contributed by atoms with E-state index in [1.54, 1.807) is 6.07 Å². The van der Waals surface area contributed by atoms with Crippen molar-refractivity contribution in [1.82, 2.24) is 9.88 Å². The standard InChI is InChI=1S/C20H17F4N3O2S/c21-13-4-5-16-17(11-13)30-19(26-16)29-15-6-8-27(9-7-15)18(28)25-14-3-1-2-12(10-14)20(22,23)24/h1-5,10-11,15H,6-9H2,(H,25,28). The average Bonchev–Trinajstić information content (AvgIpc) is 3.09. The lowest BCUT2D eigenvalue weighted by Gasteiger charge is -2.31. The van der Waals surface area contributed by atoms with Crippen LogP contribution in [0.1, 0.15) is 18.4 Å². The number of aromatic nitrogens is 1. The van der Waals surface area contributed by atoms with E-state index in [2.05, 4.69) is 10.3 Å². The van der Waals surface area contributed by atoms with Gasteiger partial charge in [0.2, 0.25) is 0 Å². The zero-order valence-electron chi connectivity index (χ0n) is 15.6. The number of halogens is 4. The minimum absolute atomic E-state index is 0.0925. The minimum Gasteiger partial charge on any atom is -0.467 e. The van der Waals surface area contributed by atoms with Gasteiger partial charge in [0, 0.05) is 31.6 Å². The molecular weight excluding hydrogens is 422 g/mol. The third-order valence-electron chi connectivity index (χ3n) is 4.77. The lowest BCUT2D eigenvalue weighted by atomic mass is 10.1. The first-order valence-electron chi connectivity index (χ1n) is 9.24. The van der Waals surface area contributed by atoms with Crippen LogP contribution in [0.4, 0.5) is 28.0 Å². The highest BCUT2D eigenvalue weighted by molar-refractivity contribution is 7.20. The Kier molecular flexibility index (Phi) is 5.50. The van der Waals surface area contributed by atoms with Gasteiger partial charge in [0.05, 0.1) is 15.8 Å². The zero-order valence-corrected chi connectivity index (χ0v) is 16.4. The molecule has 0 unspecified atom stereocenters. The number of benzene rings is 2. The molecule has 1 aliphatic heterocycles. The van der Waals surface area contributed by atoms with Crippen molar-refractivity contribution in [3.63, 3.8) is 0 Å². The summed E-state index contributed by atoms with van der Waals surface area (Å²) in [6.07, 6.45) is -3.50. The molecule has 10 heteroatoms. The van der Waals surface area contributed by atoms with Gasteiger partial charge in [-0.1, -0.05) is 17.4 Å². The van der Waals surface area contributed by atoms with E-state index < -0.39 is 17.8 Å². The number of nitrogens with one attached hydrogen (secondary N) is 1. The number of alkyl halides is 3. The average molecular weight is 439 g/mol. The second-order valence-corrected chi connectivity index (χ2v) is 7.90. The summed E-state index contributed by atoms with van der Waals surface area (Å²) in [6, 6.07) is 8.41. The largest absolute Gasteiger partial charge is 0.467 e. The number of likely N-dealkylation sites (tertiary alicyclic amines) is 1. The molecule has 1 aromatic heterocycles. The van der Waals surface area contributed by atoms with Crippen LogP contribution in [0.25, 0.3) is 10.2 Å². The molecule has 0 saturated carbocycles. The fraction of sp³-hybridized carbons (Fsp3) is 0.300. The number of amides is 2. The summed E-state index contributed by atoms with van der Waals surface area (Å²) in [5, 5.41) is 2.96. The minimum atomic E-state index is -4.47. The predicted octanol–water partition coefficient (Wildman–Crippen LogP) is 5.53. The number of carbonyl (C=O) groups is 1. The molecule has 2 amide bonds. The molecule has 1 aliphatic rings. The van der Waals surface area contributed by atoms with Crippen molar-refractivity contribution in [2.45, 2.75) is 25.1 Å². The maximum Gasteiger partial charge on any atom is 0.416 e. The lowest BCUT2D eigenvalue weighted by molar-refractivity contribution is -0.137. The van der Waals surface area contributed by atoms with Gasteiger partial charge in [-0.25, -0.2) is 14.2 Å². The van der Waals surface area contributed by atoms with Crippen LogP contribution in [0.2, 0.25) is 0 Å². The Morgan fingerprint density at radius 3 is 2.67 bits per heavy atom. The second kappa shape index (κ2) is 8.10. The number of hydrogen-bond donors (Lipinski definition) is 1. The van der Waals surface area contributed by atoms with Crippen molar-refractivity contribution < 1.29 is 27.1 Å². The maximum absolute atomic E-state index is 13.3. The number of urea groups is 1. The molecule has 5 nitrogen and oxygen atoms in total. The van der Waals surface area contributed by atoms with Crippen LogP contribution in [0, 0.1) is 5.82 Å². The number of anilines is 1. The third kappa shape index (κ3) is 4.64. The number of ether oxygens (including phenoxy) is 1. The zero-order chi connectivity index (χ0) is 21.3. The van der Waals surface area contributed by atoms with Crippen molar-refractivity contribution in [2.24, 2.45) is 0 Å². The summed E-state index contributed by atoms with van der Waals surface area (Å²) < 4.78 is 58.3. The van der Waals surface area contributed by atoms with Gasteiger partial charge in [-0.2, -0.15) is 13.2 Å². The van der Waals surface area contributed by atoms with E-state index in [4.69, 9.17) is 4.74 Å². The van der Waals surface area contributed by atoms with Crippen LogP contribution in [0.15, 0.2) is 42.5 Å². The number of hydrogen-bond acceptors (Lipinski definition) is 4. The molecule has 3 aromatic rings. The van der Waals surface area contributed by atoms with Crippen LogP contribution >= 0.6 is 11.3 Å². The summed E-state index contributed by atoms with van der Waals surface area (Å²) >= 11 is 1.26. The Bertz CT molecular complexity index is 1060. The van der Waals surface area contributed by atoms with Gasteiger partial charge in [0.15, 0.2) is 0 Å². The number of rotatable bonds is 3. The van der Waals surface area contributed by atoms with Crippen molar-refractivity contribution in [1.29, 1.82) is 0 Å². The monoisotopic (exact) mass is 439 g/mol. The SMILES string of the molecule is O=C(Nc1cccc(C(F)(F)F)c1)N1CCC(Oc2nc3ccc(F)cc3s2)CC1.